The van der Waals surface area contributed by atoms with E-state index in [0.29, 0.717) is 5.28 Å². The molecule has 3 saturated heterocycles. The van der Waals surface area contributed by atoms with Crippen LogP contribution in [-0.2, 0) is 11.3 Å². The van der Waals surface area contributed by atoms with Crippen LogP contribution < -0.4 is 10.2 Å². The number of hydrogen-bond acceptors (Lipinski definition) is 6. The number of nitrogens with one attached hydrogen (secondary N) is 1. The average Bonchev–Trinajstić information content (AvgIpc) is 3.17. The summed E-state index contributed by atoms with van der Waals surface area (Å²) in [6, 6.07) is 3.15. The largest absolute Gasteiger partial charge is 0.378 e. The summed E-state index contributed by atoms with van der Waals surface area (Å²) >= 11 is 8.13. The number of piperidine rings is 2. The van der Waals surface area contributed by atoms with Crippen molar-refractivity contribution in [2.24, 2.45) is 0 Å². The minimum Gasteiger partial charge on any atom is -0.378 e. The van der Waals surface area contributed by atoms with Crippen molar-refractivity contribution in [2.75, 3.05) is 57.4 Å². The Bertz CT molecular complexity index is 841. The molecule has 0 spiro atoms. The molecule has 6 nitrogen and oxygen atoms in total. The third-order valence-corrected chi connectivity index (χ3v) is 8.15. The number of anilines is 1. The van der Waals surface area contributed by atoms with Gasteiger partial charge in [-0.1, -0.05) is 0 Å². The second kappa shape index (κ2) is 8.63. The van der Waals surface area contributed by atoms with Crippen LogP contribution in [0.25, 0.3) is 10.2 Å². The Hall–Kier alpha value is -0.990. The molecule has 0 saturated carbocycles. The van der Waals surface area contributed by atoms with Crippen molar-refractivity contribution in [2.45, 2.75) is 44.7 Å². The number of halogens is 1. The number of hydrogen-bond donors (Lipinski definition) is 1. The third kappa shape index (κ3) is 4.12. The zero-order valence-corrected chi connectivity index (χ0v) is 18.6. The molecule has 0 bridgehead atoms. The van der Waals surface area contributed by atoms with Gasteiger partial charge in [-0.2, -0.15) is 4.98 Å². The van der Waals surface area contributed by atoms with E-state index >= 15 is 0 Å². The Kier molecular flexibility index (Phi) is 5.94. The molecular weight excluding hydrogens is 406 g/mol. The van der Waals surface area contributed by atoms with Crippen LogP contribution in [0, 0.1) is 0 Å². The Labute approximate surface area is 181 Å². The number of thiophene rings is 1. The second-order valence-electron chi connectivity index (χ2n) is 8.71. The van der Waals surface area contributed by atoms with Crippen molar-refractivity contribution < 1.29 is 9.22 Å². The first-order valence-corrected chi connectivity index (χ1v) is 12.3. The Morgan fingerprint density at radius 2 is 1.90 bits per heavy atom. The van der Waals surface area contributed by atoms with Gasteiger partial charge in [-0.3, -0.25) is 0 Å². The second-order valence-corrected chi connectivity index (χ2v) is 10.2. The average molecular weight is 437 g/mol. The smallest absolute Gasteiger partial charge is 0.225 e. The molecular formula is C21H31ClN5OS+. The van der Waals surface area contributed by atoms with Gasteiger partial charge >= 0.3 is 0 Å². The normalized spacial score (nSPS) is 23.6. The number of quaternary nitrogens is 1. The molecule has 29 heavy (non-hydrogen) atoms. The van der Waals surface area contributed by atoms with Crippen molar-refractivity contribution in [1.82, 2.24) is 15.3 Å². The van der Waals surface area contributed by atoms with Gasteiger partial charge < -0.3 is 19.4 Å². The van der Waals surface area contributed by atoms with Gasteiger partial charge in [-0.05, 0) is 36.9 Å². The monoisotopic (exact) mass is 436 g/mol. The van der Waals surface area contributed by atoms with Gasteiger partial charge in [0, 0.05) is 39.0 Å². The molecule has 0 amide bonds. The lowest BCUT2D eigenvalue weighted by atomic mass is 9.96. The van der Waals surface area contributed by atoms with Crippen molar-refractivity contribution in [1.29, 1.82) is 0 Å². The number of nitrogens with zero attached hydrogens (tertiary/aromatic N) is 4. The highest BCUT2D eigenvalue weighted by Crippen LogP contribution is 2.37. The van der Waals surface area contributed by atoms with E-state index in [2.05, 4.69) is 26.3 Å². The Balaban J connectivity index is 1.47. The first-order valence-electron chi connectivity index (χ1n) is 11.1. The quantitative estimate of drug-likeness (QED) is 0.587. The van der Waals surface area contributed by atoms with E-state index < -0.39 is 0 Å². The minimum absolute atomic E-state index is 0.354. The van der Waals surface area contributed by atoms with Gasteiger partial charge in [0.2, 0.25) is 5.28 Å². The van der Waals surface area contributed by atoms with E-state index in [0.717, 1.165) is 54.9 Å². The molecule has 0 radical (unpaired) electrons. The standard InChI is InChI=1S/C21H31ClN5OS/c22-21-24-19(26-8-12-28-13-9-26)18-14-17(29-20(18)25-21)15-27(10-2-1-3-11-27)16-4-6-23-7-5-16/h14,16,23H,1-13,15H2/q+1. The lowest BCUT2D eigenvalue weighted by molar-refractivity contribution is -0.968. The van der Waals surface area contributed by atoms with Crippen LogP contribution in [0.15, 0.2) is 6.07 Å². The molecule has 5 heterocycles. The van der Waals surface area contributed by atoms with Crippen molar-refractivity contribution in [3.05, 3.63) is 16.2 Å². The topological polar surface area (TPSA) is 50.3 Å². The fourth-order valence-electron chi connectivity index (χ4n) is 5.48. The molecule has 3 aliphatic heterocycles. The van der Waals surface area contributed by atoms with Gasteiger partial charge in [0.1, 0.15) is 17.2 Å². The summed E-state index contributed by atoms with van der Waals surface area (Å²) in [5.41, 5.74) is 0. The maximum Gasteiger partial charge on any atom is 0.225 e. The van der Waals surface area contributed by atoms with Crippen molar-refractivity contribution >= 4 is 39.0 Å². The number of ether oxygens (including phenoxy) is 1. The summed E-state index contributed by atoms with van der Waals surface area (Å²) in [6.45, 7) is 9.32. The van der Waals surface area contributed by atoms with Crippen LogP contribution in [0.1, 0.15) is 37.0 Å². The van der Waals surface area contributed by atoms with Gasteiger partial charge in [0.25, 0.3) is 0 Å². The number of morpholine rings is 1. The van der Waals surface area contributed by atoms with Crippen LogP contribution in [0.4, 0.5) is 5.82 Å². The molecule has 0 aromatic carbocycles. The molecule has 2 aromatic rings. The molecule has 3 aliphatic rings. The van der Waals surface area contributed by atoms with Gasteiger partial charge in [0.15, 0.2) is 0 Å². The maximum atomic E-state index is 6.31. The molecule has 2 aromatic heterocycles. The molecule has 3 fully saturated rings. The maximum absolute atomic E-state index is 6.31. The summed E-state index contributed by atoms with van der Waals surface area (Å²) in [6.07, 6.45) is 6.71. The van der Waals surface area contributed by atoms with E-state index in [9.17, 15) is 0 Å². The van der Waals surface area contributed by atoms with Gasteiger partial charge in [-0.15, -0.1) is 11.3 Å². The SMILES string of the molecule is Clc1nc(N2CCOCC2)c2cc(C[N+]3(C4CCNCC4)CCCCC3)sc2n1. The number of fused-ring (bicyclic) bond motifs is 1. The molecule has 0 aliphatic carbocycles. The number of aromatic nitrogens is 2. The molecule has 8 heteroatoms. The Morgan fingerprint density at radius 1 is 1.14 bits per heavy atom. The van der Waals surface area contributed by atoms with Crippen LogP contribution in [0.2, 0.25) is 5.28 Å². The number of likely N-dealkylation sites (tertiary alicyclic amines) is 1. The molecule has 158 valence electrons. The highest BCUT2D eigenvalue weighted by Gasteiger charge is 2.39. The summed E-state index contributed by atoms with van der Waals surface area (Å²) in [5, 5.41) is 5.07. The third-order valence-electron chi connectivity index (χ3n) is 6.97. The van der Waals surface area contributed by atoms with E-state index in [4.69, 9.17) is 16.3 Å². The lowest BCUT2D eigenvalue weighted by Gasteiger charge is -2.48. The lowest BCUT2D eigenvalue weighted by Crippen LogP contribution is -2.59. The van der Waals surface area contributed by atoms with E-state index in [1.807, 2.05) is 11.3 Å². The minimum atomic E-state index is 0.354. The summed E-state index contributed by atoms with van der Waals surface area (Å²) in [4.78, 5) is 14.0. The van der Waals surface area contributed by atoms with E-state index in [-0.39, 0.29) is 0 Å². The molecule has 0 unspecified atom stereocenters. The van der Waals surface area contributed by atoms with Crippen molar-refractivity contribution in [3.63, 3.8) is 0 Å². The first kappa shape index (κ1) is 19.9. The summed E-state index contributed by atoms with van der Waals surface area (Å²) < 4.78 is 6.79. The van der Waals surface area contributed by atoms with Gasteiger partial charge in [-0.25, -0.2) is 4.98 Å². The highest BCUT2D eigenvalue weighted by atomic mass is 35.5. The summed E-state index contributed by atoms with van der Waals surface area (Å²) in [7, 11) is 0. The zero-order valence-electron chi connectivity index (χ0n) is 17.0. The summed E-state index contributed by atoms with van der Waals surface area (Å²) in [5.74, 6) is 0.984. The van der Waals surface area contributed by atoms with E-state index in [1.165, 1.54) is 67.6 Å². The fourth-order valence-corrected chi connectivity index (χ4v) is 6.84. The zero-order chi connectivity index (χ0) is 19.7. The number of rotatable bonds is 4. The highest BCUT2D eigenvalue weighted by molar-refractivity contribution is 7.18. The molecule has 5 rings (SSSR count). The van der Waals surface area contributed by atoms with Gasteiger partial charge in [0.05, 0.1) is 42.6 Å². The van der Waals surface area contributed by atoms with E-state index in [1.54, 1.807) is 0 Å². The first-order chi connectivity index (χ1) is 14.2. The van der Waals surface area contributed by atoms with Crippen LogP contribution >= 0.6 is 22.9 Å². The predicted octanol–water partition coefficient (Wildman–Crippen LogP) is 3.43. The molecule has 0 atom stereocenters. The van der Waals surface area contributed by atoms with Crippen LogP contribution in [0.3, 0.4) is 0 Å². The predicted molar refractivity (Wildman–Crippen MR) is 119 cm³/mol. The molecule has 1 N–H and O–H groups in total. The van der Waals surface area contributed by atoms with Crippen LogP contribution in [-0.4, -0.2) is 73.0 Å². The van der Waals surface area contributed by atoms with Crippen LogP contribution in [0.5, 0.6) is 0 Å². The Morgan fingerprint density at radius 3 is 2.66 bits per heavy atom. The van der Waals surface area contributed by atoms with Crippen molar-refractivity contribution in [3.8, 4) is 0 Å². The fraction of sp³-hybridized carbons (Fsp3) is 0.714.